The van der Waals surface area contributed by atoms with E-state index in [0.717, 1.165) is 23.1 Å². The summed E-state index contributed by atoms with van der Waals surface area (Å²) in [5, 5.41) is 11.9. The van der Waals surface area contributed by atoms with Gasteiger partial charge in [0.1, 0.15) is 17.7 Å². The van der Waals surface area contributed by atoms with E-state index in [1.807, 2.05) is 6.26 Å². The zero-order valence-electron chi connectivity index (χ0n) is 10.1. The molecule has 0 atom stereocenters. The monoisotopic (exact) mass is 276 g/mol. The number of anilines is 2. The lowest BCUT2D eigenvalue weighted by atomic mass is 10.2. The third-order valence-corrected chi connectivity index (χ3v) is 3.34. The van der Waals surface area contributed by atoms with Gasteiger partial charge in [0.05, 0.1) is 16.9 Å². The van der Waals surface area contributed by atoms with Crippen LogP contribution in [0.5, 0.6) is 0 Å². The highest BCUT2D eigenvalue weighted by Crippen LogP contribution is 2.29. The molecular formula is C14H10F2N2S. The number of thioether (sulfide) groups is 1. The molecule has 2 aromatic carbocycles. The largest absolute Gasteiger partial charge is 0.352 e. The van der Waals surface area contributed by atoms with Gasteiger partial charge in [-0.1, -0.05) is 6.07 Å². The van der Waals surface area contributed by atoms with E-state index in [9.17, 15) is 8.78 Å². The van der Waals surface area contributed by atoms with Crippen molar-refractivity contribution in [1.82, 2.24) is 0 Å². The predicted molar refractivity (Wildman–Crippen MR) is 72.6 cm³/mol. The number of hydrogen-bond acceptors (Lipinski definition) is 3. The fourth-order valence-corrected chi connectivity index (χ4v) is 2.23. The molecule has 0 heterocycles. The summed E-state index contributed by atoms with van der Waals surface area (Å²) in [6, 6.07) is 10.4. The number of nitrogens with one attached hydrogen (secondary N) is 1. The number of rotatable bonds is 3. The molecule has 0 aliphatic rings. The lowest BCUT2D eigenvalue weighted by Crippen LogP contribution is -1.98. The second-order valence-corrected chi connectivity index (χ2v) is 4.59. The topological polar surface area (TPSA) is 35.8 Å². The Morgan fingerprint density at radius 3 is 2.63 bits per heavy atom. The predicted octanol–water partition coefficient (Wildman–Crippen LogP) is 4.30. The fraction of sp³-hybridized carbons (Fsp3) is 0.0714. The Hall–Kier alpha value is -2.06. The summed E-state index contributed by atoms with van der Waals surface area (Å²) in [5.74, 6) is -1.11. The van der Waals surface area contributed by atoms with Crippen LogP contribution >= 0.6 is 11.8 Å². The van der Waals surface area contributed by atoms with Gasteiger partial charge in [-0.2, -0.15) is 5.26 Å². The minimum Gasteiger partial charge on any atom is -0.352 e. The van der Waals surface area contributed by atoms with Crippen molar-refractivity contribution < 1.29 is 8.78 Å². The molecule has 0 radical (unpaired) electrons. The van der Waals surface area contributed by atoms with Gasteiger partial charge in [0.25, 0.3) is 0 Å². The van der Waals surface area contributed by atoms with Crippen molar-refractivity contribution in [2.45, 2.75) is 4.90 Å². The Morgan fingerprint density at radius 2 is 1.95 bits per heavy atom. The van der Waals surface area contributed by atoms with E-state index in [1.165, 1.54) is 11.8 Å². The maximum Gasteiger partial charge on any atom is 0.146 e. The van der Waals surface area contributed by atoms with Gasteiger partial charge < -0.3 is 5.32 Å². The van der Waals surface area contributed by atoms with E-state index in [4.69, 9.17) is 5.26 Å². The summed E-state index contributed by atoms with van der Waals surface area (Å²) in [6.45, 7) is 0. The average molecular weight is 276 g/mol. The van der Waals surface area contributed by atoms with Gasteiger partial charge in [-0.05, 0) is 30.5 Å². The normalized spacial score (nSPS) is 10.0. The van der Waals surface area contributed by atoms with Crippen molar-refractivity contribution >= 4 is 23.1 Å². The van der Waals surface area contributed by atoms with Gasteiger partial charge >= 0.3 is 0 Å². The van der Waals surface area contributed by atoms with Gasteiger partial charge in [-0.25, -0.2) is 8.78 Å². The SMILES string of the molecule is CSc1cccc(Nc2cc(F)ccc2F)c1C#N. The van der Waals surface area contributed by atoms with Gasteiger partial charge in [0.2, 0.25) is 0 Å². The maximum atomic E-state index is 13.6. The first kappa shape index (κ1) is 13.4. The van der Waals surface area contributed by atoms with E-state index < -0.39 is 11.6 Å². The van der Waals surface area contributed by atoms with Crippen LogP contribution < -0.4 is 5.32 Å². The standard InChI is InChI=1S/C14H10F2N2S/c1-19-14-4-2-3-12(10(14)8-17)18-13-7-9(15)5-6-11(13)16/h2-7,18H,1H3. The zero-order chi connectivity index (χ0) is 13.8. The zero-order valence-corrected chi connectivity index (χ0v) is 10.9. The number of nitrogens with zero attached hydrogens (tertiary/aromatic N) is 1. The van der Waals surface area contributed by atoms with Crippen molar-refractivity contribution in [2.75, 3.05) is 11.6 Å². The van der Waals surface area contributed by atoms with Crippen molar-refractivity contribution in [1.29, 1.82) is 5.26 Å². The van der Waals surface area contributed by atoms with Crippen molar-refractivity contribution in [3.05, 3.63) is 53.6 Å². The lowest BCUT2D eigenvalue weighted by Gasteiger charge is -2.11. The minimum absolute atomic E-state index is 0.00903. The Bertz CT molecular complexity index is 650. The second kappa shape index (κ2) is 5.72. The Morgan fingerprint density at radius 1 is 1.16 bits per heavy atom. The summed E-state index contributed by atoms with van der Waals surface area (Å²) in [6.07, 6.45) is 1.85. The molecule has 5 heteroatoms. The molecule has 96 valence electrons. The number of hydrogen-bond donors (Lipinski definition) is 1. The van der Waals surface area contributed by atoms with Crippen LogP contribution in [0.25, 0.3) is 0 Å². The molecule has 2 nitrogen and oxygen atoms in total. The molecule has 0 unspecified atom stereocenters. The van der Waals surface area contributed by atoms with Crippen molar-refractivity contribution in [3.8, 4) is 6.07 Å². The van der Waals surface area contributed by atoms with E-state index >= 15 is 0 Å². The molecule has 0 spiro atoms. The highest BCUT2D eigenvalue weighted by Gasteiger charge is 2.10. The van der Waals surface area contributed by atoms with Crippen LogP contribution in [0.3, 0.4) is 0 Å². The minimum atomic E-state index is -0.570. The first-order valence-electron chi connectivity index (χ1n) is 5.45. The Balaban J connectivity index is 2.44. The molecule has 0 aliphatic carbocycles. The molecule has 0 aliphatic heterocycles. The van der Waals surface area contributed by atoms with Crippen LogP contribution in [0.2, 0.25) is 0 Å². The molecule has 0 fully saturated rings. The molecule has 0 bridgehead atoms. The fourth-order valence-electron chi connectivity index (χ4n) is 1.66. The molecule has 0 saturated heterocycles. The third kappa shape index (κ3) is 2.85. The maximum absolute atomic E-state index is 13.6. The van der Waals surface area contributed by atoms with E-state index in [1.54, 1.807) is 18.2 Å². The first-order chi connectivity index (χ1) is 9.15. The summed E-state index contributed by atoms with van der Waals surface area (Å²) in [5.41, 5.74) is 0.882. The summed E-state index contributed by atoms with van der Waals surface area (Å²) in [4.78, 5) is 0.782. The van der Waals surface area contributed by atoms with E-state index in [0.29, 0.717) is 11.3 Å². The first-order valence-corrected chi connectivity index (χ1v) is 6.67. The lowest BCUT2D eigenvalue weighted by molar-refractivity contribution is 0.603. The average Bonchev–Trinajstić information content (AvgIpc) is 2.42. The molecule has 0 saturated carbocycles. The number of halogens is 2. The Kier molecular flexibility index (Phi) is 4.03. The quantitative estimate of drug-likeness (QED) is 0.849. The third-order valence-electron chi connectivity index (χ3n) is 2.56. The van der Waals surface area contributed by atoms with Gasteiger partial charge in [0, 0.05) is 11.0 Å². The number of nitriles is 1. The molecule has 2 aromatic rings. The van der Waals surface area contributed by atoms with E-state index in [-0.39, 0.29) is 5.69 Å². The summed E-state index contributed by atoms with van der Waals surface area (Å²) < 4.78 is 26.7. The van der Waals surface area contributed by atoms with Crippen LogP contribution in [-0.2, 0) is 0 Å². The summed E-state index contributed by atoms with van der Waals surface area (Å²) >= 11 is 1.42. The molecule has 0 aromatic heterocycles. The highest BCUT2D eigenvalue weighted by molar-refractivity contribution is 7.98. The molecular weight excluding hydrogens is 266 g/mol. The smallest absolute Gasteiger partial charge is 0.146 e. The van der Waals surface area contributed by atoms with Crippen LogP contribution in [0, 0.1) is 23.0 Å². The molecule has 0 amide bonds. The Labute approximate surface area is 114 Å². The van der Waals surface area contributed by atoms with Crippen LogP contribution in [0.1, 0.15) is 5.56 Å². The van der Waals surface area contributed by atoms with Crippen LogP contribution in [0.4, 0.5) is 20.2 Å². The van der Waals surface area contributed by atoms with Gasteiger partial charge in [-0.15, -0.1) is 11.8 Å². The van der Waals surface area contributed by atoms with Crippen LogP contribution in [0.15, 0.2) is 41.3 Å². The van der Waals surface area contributed by atoms with Crippen LogP contribution in [-0.4, -0.2) is 6.26 Å². The molecule has 1 N–H and O–H groups in total. The summed E-state index contributed by atoms with van der Waals surface area (Å²) in [7, 11) is 0. The molecule has 2 rings (SSSR count). The van der Waals surface area contributed by atoms with Crippen molar-refractivity contribution in [2.24, 2.45) is 0 Å². The van der Waals surface area contributed by atoms with Gasteiger partial charge in [-0.3, -0.25) is 0 Å². The molecule has 19 heavy (non-hydrogen) atoms. The highest BCUT2D eigenvalue weighted by atomic mass is 32.2. The van der Waals surface area contributed by atoms with Gasteiger partial charge in [0.15, 0.2) is 0 Å². The van der Waals surface area contributed by atoms with E-state index in [2.05, 4.69) is 11.4 Å². The van der Waals surface area contributed by atoms with Crippen molar-refractivity contribution in [3.63, 3.8) is 0 Å². The second-order valence-electron chi connectivity index (χ2n) is 3.74. The number of benzene rings is 2.